The van der Waals surface area contributed by atoms with Gasteiger partial charge in [-0.25, -0.2) is 4.98 Å². The summed E-state index contributed by atoms with van der Waals surface area (Å²) < 4.78 is 7.24. The van der Waals surface area contributed by atoms with Gasteiger partial charge in [0.25, 0.3) is 5.91 Å². The third-order valence-corrected chi connectivity index (χ3v) is 4.42. The lowest BCUT2D eigenvalue weighted by atomic mass is 10.1. The molecule has 1 amide bonds. The van der Waals surface area contributed by atoms with E-state index in [1.165, 1.54) is 0 Å². The van der Waals surface area contributed by atoms with E-state index in [-0.39, 0.29) is 11.9 Å². The summed E-state index contributed by atoms with van der Waals surface area (Å²) in [7, 11) is 1.59. The van der Waals surface area contributed by atoms with Crippen molar-refractivity contribution in [3.05, 3.63) is 54.4 Å². The quantitative estimate of drug-likeness (QED) is 0.597. The molecule has 0 aliphatic rings. The minimum Gasteiger partial charge on any atom is -0.497 e. The molecule has 0 aliphatic carbocycles. The van der Waals surface area contributed by atoms with E-state index < -0.39 is 0 Å². The van der Waals surface area contributed by atoms with Crippen molar-refractivity contribution in [1.29, 1.82) is 0 Å². The number of fused-ring (bicyclic) bond motifs is 3. The van der Waals surface area contributed by atoms with Crippen LogP contribution in [0.1, 0.15) is 30.2 Å². The van der Waals surface area contributed by atoms with Crippen molar-refractivity contribution < 1.29 is 9.53 Å². The number of hydrogen-bond acceptors (Lipinski definition) is 5. The Kier molecular flexibility index (Phi) is 4.19. The molecule has 0 atom stereocenters. The molecule has 0 aliphatic heterocycles. The van der Waals surface area contributed by atoms with Crippen LogP contribution in [0.4, 0.5) is 5.69 Å². The number of rotatable bonds is 4. The molecule has 1 N–H and O–H groups in total. The summed E-state index contributed by atoms with van der Waals surface area (Å²) >= 11 is 0. The third-order valence-electron chi connectivity index (χ3n) is 4.42. The second-order valence-corrected chi connectivity index (χ2v) is 6.54. The first-order valence-corrected chi connectivity index (χ1v) is 8.65. The van der Waals surface area contributed by atoms with Crippen LogP contribution in [0.15, 0.2) is 48.8 Å². The first-order valence-electron chi connectivity index (χ1n) is 8.65. The average Bonchev–Trinajstić information content (AvgIpc) is 3.12. The second kappa shape index (κ2) is 6.68. The van der Waals surface area contributed by atoms with Crippen molar-refractivity contribution in [2.75, 3.05) is 12.4 Å². The molecule has 136 valence electrons. The van der Waals surface area contributed by atoms with Gasteiger partial charge in [-0.3, -0.25) is 4.79 Å². The Morgan fingerprint density at radius 2 is 2.00 bits per heavy atom. The molecule has 2 aromatic carbocycles. The number of ether oxygens (including phenoxy) is 1. The maximum absolute atomic E-state index is 12.7. The van der Waals surface area contributed by atoms with Gasteiger partial charge in [-0.2, -0.15) is 0 Å². The SMILES string of the molecule is COc1cccc(NC(=O)c2ccc3nnc4ncn(C(C)C)c4c3c2)c1. The fourth-order valence-corrected chi connectivity index (χ4v) is 3.03. The van der Waals surface area contributed by atoms with Gasteiger partial charge in [-0.15, -0.1) is 10.2 Å². The molecule has 0 saturated carbocycles. The maximum atomic E-state index is 12.7. The van der Waals surface area contributed by atoms with E-state index in [1.54, 1.807) is 31.6 Å². The monoisotopic (exact) mass is 361 g/mol. The Bertz CT molecular complexity index is 1150. The smallest absolute Gasteiger partial charge is 0.255 e. The van der Waals surface area contributed by atoms with Crippen LogP contribution in [-0.2, 0) is 0 Å². The van der Waals surface area contributed by atoms with Crippen LogP contribution in [0, 0.1) is 0 Å². The minimum atomic E-state index is -0.203. The van der Waals surface area contributed by atoms with Gasteiger partial charge in [0.15, 0.2) is 0 Å². The largest absolute Gasteiger partial charge is 0.497 e. The highest BCUT2D eigenvalue weighted by Crippen LogP contribution is 2.25. The Morgan fingerprint density at radius 3 is 2.78 bits per heavy atom. The molecule has 4 rings (SSSR count). The normalized spacial score (nSPS) is 11.3. The summed E-state index contributed by atoms with van der Waals surface area (Å²) in [6.45, 7) is 4.15. The zero-order valence-corrected chi connectivity index (χ0v) is 15.3. The molecule has 0 fully saturated rings. The van der Waals surface area contributed by atoms with Gasteiger partial charge in [0.1, 0.15) is 5.75 Å². The van der Waals surface area contributed by atoms with Gasteiger partial charge < -0.3 is 14.6 Å². The number of benzene rings is 2. The Labute approximate surface area is 156 Å². The van der Waals surface area contributed by atoms with Crippen LogP contribution < -0.4 is 10.1 Å². The Morgan fingerprint density at radius 1 is 1.15 bits per heavy atom. The molecule has 0 spiro atoms. The van der Waals surface area contributed by atoms with Crippen molar-refractivity contribution in [2.45, 2.75) is 19.9 Å². The molecule has 0 unspecified atom stereocenters. The lowest BCUT2D eigenvalue weighted by Crippen LogP contribution is -2.12. The Balaban J connectivity index is 1.76. The minimum absolute atomic E-state index is 0.203. The van der Waals surface area contributed by atoms with Crippen LogP contribution in [0.3, 0.4) is 0 Å². The molecule has 27 heavy (non-hydrogen) atoms. The molecule has 0 saturated heterocycles. The highest BCUT2D eigenvalue weighted by atomic mass is 16.5. The van der Waals surface area contributed by atoms with Gasteiger partial charge in [-0.1, -0.05) is 6.07 Å². The molecule has 7 heteroatoms. The van der Waals surface area contributed by atoms with Crippen molar-refractivity contribution in [3.63, 3.8) is 0 Å². The lowest BCUT2D eigenvalue weighted by Gasteiger charge is -2.10. The molecular weight excluding hydrogens is 342 g/mol. The number of methoxy groups -OCH3 is 1. The number of imidazole rings is 1. The number of nitrogens with zero attached hydrogens (tertiary/aromatic N) is 4. The van der Waals surface area contributed by atoms with E-state index in [1.807, 2.05) is 28.8 Å². The standard InChI is InChI=1S/C20H19N5O2/c1-12(2)25-11-21-19-18(25)16-9-13(7-8-17(16)23-24-19)20(26)22-14-5-4-6-15(10-14)27-3/h4-12H,1-3H3,(H,22,26). The highest BCUT2D eigenvalue weighted by molar-refractivity contribution is 6.09. The number of aromatic nitrogens is 4. The molecule has 2 heterocycles. The molecule has 0 bridgehead atoms. The average molecular weight is 361 g/mol. The fraction of sp³-hybridized carbons (Fsp3) is 0.200. The summed E-state index contributed by atoms with van der Waals surface area (Å²) in [6.07, 6.45) is 1.76. The number of carbonyl (C=O) groups excluding carboxylic acids is 1. The topological polar surface area (TPSA) is 81.9 Å². The number of nitrogens with one attached hydrogen (secondary N) is 1. The summed E-state index contributed by atoms with van der Waals surface area (Å²) in [4.78, 5) is 17.1. The molecule has 2 aromatic heterocycles. The van der Waals surface area contributed by atoms with Crippen molar-refractivity contribution in [2.24, 2.45) is 0 Å². The van der Waals surface area contributed by atoms with Crippen LogP contribution in [0.25, 0.3) is 22.1 Å². The fourth-order valence-electron chi connectivity index (χ4n) is 3.03. The summed E-state index contributed by atoms with van der Waals surface area (Å²) in [5.74, 6) is 0.481. The van der Waals surface area contributed by atoms with E-state index >= 15 is 0 Å². The highest BCUT2D eigenvalue weighted by Gasteiger charge is 2.14. The molecule has 7 nitrogen and oxygen atoms in total. The number of anilines is 1. The van der Waals surface area contributed by atoms with Crippen LogP contribution in [-0.4, -0.2) is 32.8 Å². The van der Waals surface area contributed by atoms with Crippen molar-refractivity contribution in [1.82, 2.24) is 19.7 Å². The van der Waals surface area contributed by atoms with E-state index in [0.717, 1.165) is 16.4 Å². The predicted octanol–water partition coefficient (Wildman–Crippen LogP) is 3.82. The van der Waals surface area contributed by atoms with Crippen LogP contribution in [0.2, 0.25) is 0 Å². The number of amides is 1. The first-order chi connectivity index (χ1) is 13.1. The molecule has 0 radical (unpaired) electrons. The van der Waals surface area contributed by atoms with Gasteiger partial charge in [0, 0.05) is 28.7 Å². The van der Waals surface area contributed by atoms with E-state index in [4.69, 9.17) is 4.74 Å². The molecule has 4 aromatic rings. The van der Waals surface area contributed by atoms with E-state index in [9.17, 15) is 4.79 Å². The summed E-state index contributed by atoms with van der Waals surface area (Å²) in [5, 5.41) is 12.1. The summed E-state index contributed by atoms with van der Waals surface area (Å²) in [5.41, 5.74) is 3.39. The number of carbonyl (C=O) groups is 1. The van der Waals surface area contributed by atoms with Gasteiger partial charge in [0.2, 0.25) is 5.65 Å². The third kappa shape index (κ3) is 3.08. The van der Waals surface area contributed by atoms with Gasteiger partial charge in [-0.05, 0) is 44.2 Å². The van der Waals surface area contributed by atoms with Crippen LogP contribution in [0.5, 0.6) is 5.75 Å². The Hall–Kier alpha value is -3.48. The van der Waals surface area contributed by atoms with E-state index in [2.05, 4.69) is 34.3 Å². The van der Waals surface area contributed by atoms with Crippen LogP contribution >= 0.6 is 0 Å². The van der Waals surface area contributed by atoms with Gasteiger partial charge >= 0.3 is 0 Å². The van der Waals surface area contributed by atoms with Gasteiger partial charge in [0.05, 0.1) is 24.5 Å². The molecular formula is C20H19N5O2. The number of hydrogen-bond donors (Lipinski definition) is 1. The van der Waals surface area contributed by atoms with Crippen molar-refractivity contribution >= 4 is 33.7 Å². The zero-order chi connectivity index (χ0) is 19.0. The van der Waals surface area contributed by atoms with E-state index in [0.29, 0.717) is 22.6 Å². The second-order valence-electron chi connectivity index (χ2n) is 6.54. The zero-order valence-electron chi connectivity index (χ0n) is 15.3. The first kappa shape index (κ1) is 17.0. The lowest BCUT2D eigenvalue weighted by molar-refractivity contribution is 0.102. The predicted molar refractivity (Wildman–Crippen MR) is 104 cm³/mol. The maximum Gasteiger partial charge on any atom is 0.255 e. The summed E-state index contributed by atoms with van der Waals surface area (Å²) in [6, 6.07) is 12.9. The van der Waals surface area contributed by atoms with Crippen molar-refractivity contribution in [3.8, 4) is 5.75 Å².